The van der Waals surface area contributed by atoms with Crippen molar-refractivity contribution in [2.45, 2.75) is 0 Å². The minimum absolute atomic E-state index is 0.973. The number of hydrogen-bond acceptors (Lipinski definition) is 3. The van der Waals surface area contributed by atoms with E-state index in [4.69, 9.17) is 4.98 Å². The van der Waals surface area contributed by atoms with E-state index in [1.54, 1.807) is 11.3 Å². The molecule has 3 aromatic heterocycles. The number of aromatic nitrogens is 2. The summed E-state index contributed by atoms with van der Waals surface area (Å²) in [6.45, 7) is 0. The maximum atomic E-state index is 5.70. The normalized spacial score (nSPS) is 12.0. The first-order chi connectivity index (χ1) is 27.3. The Morgan fingerprint density at radius 1 is 0.382 bits per heavy atom. The molecule has 12 aromatic rings. The molecule has 4 heteroatoms. The molecule has 256 valence electrons. The first-order valence-electron chi connectivity index (χ1n) is 18.6. The number of fused-ring (bicyclic) bond motifs is 11. The molecule has 0 N–H and O–H groups in total. The molecule has 0 spiro atoms. The Morgan fingerprint density at radius 3 is 1.95 bits per heavy atom. The van der Waals surface area contributed by atoms with Crippen molar-refractivity contribution in [1.29, 1.82) is 0 Å². The van der Waals surface area contributed by atoms with Crippen LogP contribution in [0.3, 0.4) is 0 Å². The maximum Gasteiger partial charge on any atom is 0.195 e. The van der Waals surface area contributed by atoms with Gasteiger partial charge in [0, 0.05) is 36.5 Å². The smallest absolute Gasteiger partial charge is 0.195 e. The largest absolute Gasteiger partial charge is 0.285 e. The van der Waals surface area contributed by atoms with Gasteiger partial charge in [0.25, 0.3) is 0 Å². The number of thiazole rings is 1. The summed E-state index contributed by atoms with van der Waals surface area (Å²) in [5.74, 6) is 0. The average Bonchev–Trinajstić information content (AvgIpc) is 3.95. The van der Waals surface area contributed by atoms with Crippen LogP contribution in [0, 0.1) is 0 Å². The van der Waals surface area contributed by atoms with Crippen LogP contribution in [-0.4, -0.2) is 9.55 Å². The summed E-state index contributed by atoms with van der Waals surface area (Å²) in [5, 5.41) is 11.0. The second-order valence-corrected chi connectivity index (χ2v) is 16.4. The van der Waals surface area contributed by atoms with Crippen LogP contribution < -0.4 is 0 Å². The van der Waals surface area contributed by atoms with Gasteiger partial charge in [-0.2, -0.15) is 0 Å². The number of hydrogen-bond donors (Lipinski definition) is 0. The Kier molecular flexibility index (Phi) is 6.70. The molecular formula is C51H30N2S2. The molecule has 0 unspecified atom stereocenters. The van der Waals surface area contributed by atoms with Crippen LogP contribution in [0.15, 0.2) is 182 Å². The van der Waals surface area contributed by atoms with E-state index in [-0.39, 0.29) is 0 Å². The van der Waals surface area contributed by atoms with Crippen molar-refractivity contribution in [2.24, 2.45) is 0 Å². The summed E-state index contributed by atoms with van der Waals surface area (Å²) in [5.41, 5.74) is 10.6. The molecule has 0 fully saturated rings. The third-order valence-electron chi connectivity index (χ3n) is 11.2. The third-order valence-corrected chi connectivity index (χ3v) is 13.4. The second kappa shape index (κ2) is 12.0. The maximum absolute atomic E-state index is 5.70. The van der Waals surface area contributed by atoms with E-state index < -0.39 is 0 Å². The zero-order chi connectivity index (χ0) is 36.0. The minimum Gasteiger partial charge on any atom is -0.285 e. The highest BCUT2D eigenvalue weighted by Crippen LogP contribution is 2.47. The van der Waals surface area contributed by atoms with E-state index in [9.17, 15) is 0 Å². The van der Waals surface area contributed by atoms with Gasteiger partial charge in [0.2, 0.25) is 0 Å². The molecule has 55 heavy (non-hydrogen) atoms. The fourth-order valence-corrected chi connectivity index (χ4v) is 11.0. The highest BCUT2D eigenvalue weighted by molar-refractivity contribution is 7.26. The van der Waals surface area contributed by atoms with Crippen LogP contribution in [0.1, 0.15) is 0 Å². The Balaban J connectivity index is 1.19. The Labute approximate surface area is 324 Å². The summed E-state index contributed by atoms with van der Waals surface area (Å²) in [4.78, 5) is 5.70. The SMILES string of the molecule is c1ccc(-c2ccc3c4c(-c5ccccc5)cccc4n(-c4nc5c(s4)c(-c4ccc6ccc7ccccc7c6c4)cc4sc6ccccc6c45)c3c2)cc1. The van der Waals surface area contributed by atoms with Crippen LogP contribution in [0.4, 0.5) is 0 Å². The van der Waals surface area contributed by atoms with Crippen LogP contribution in [0.2, 0.25) is 0 Å². The third kappa shape index (κ3) is 4.69. The fourth-order valence-electron chi connectivity index (χ4n) is 8.69. The van der Waals surface area contributed by atoms with E-state index in [1.807, 2.05) is 11.3 Å². The molecule has 3 heterocycles. The molecule has 0 aliphatic carbocycles. The average molecular weight is 735 g/mol. The zero-order valence-corrected chi connectivity index (χ0v) is 31.2. The monoisotopic (exact) mass is 734 g/mol. The summed E-state index contributed by atoms with van der Waals surface area (Å²) in [7, 11) is 0. The van der Waals surface area contributed by atoms with Gasteiger partial charge in [-0.25, -0.2) is 4.98 Å². The lowest BCUT2D eigenvalue weighted by Crippen LogP contribution is -1.93. The molecular weight excluding hydrogens is 705 g/mol. The predicted octanol–water partition coefficient (Wildman–Crippen LogP) is 15.1. The van der Waals surface area contributed by atoms with Gasteiger partial charge in [-0.05, 0) is 79.7 Å². The number of nitrogens with zero attached hydrogens (tertiary/aromatic N) is 2. The molecule has 12 rings (SSSR count). The van der Waals surface area contributed by atoms with Crippen molar-refractivity contribution < 1.29 is 0 Å². The number of benzene rings is 9. The lowest BCUT2D eigenvalue weighted by molar-refractivity contribution is 1.15. The van der Waals surface area contributed by atoms with Crippen LogP contribution in [-0.2, 0) is 0 Å². The Morgan fingerprint density at radius 2 is 1.09 bits per heavy atom. The summed E-state index contributed by atoms with van der Waals surface area (Å²) < 4.78 is 6.18. The van der Waals surface area contributed by atoms with Crippen LogP contribution in [0.5, 0.6) is 0 Å². The number of thiophene rings is 1. The van der Waals surface area contributed by atoms with Gasteiger partial charge in [0.05, 0.1) is 21.3 Å². The van der Waals surface area contributed by atoms with E-state index in [1.165, 1.54) is 90.6 Å². The van der Waals surface area contributed by atoms with Crippen molar-refractivity contribution in [3.63, 3.8) is 0 Å². The number of rotatable bonds is 4. The van der Waals surface area contributed by atoms with Crippen LogP contribution in [0.25, 0.3) is 112 Å². The van der Waals surface area contributed by atoms with Crippen molar-refractivity contribution in [3.8, 4) is 38.5 Å². The minimum atomic E-state index is 0.973. The Bertz CT molecular complexity index is 3480. The first-order valence-corrected chi connectivity index (χ1v) is 20.3. The van der Waals surface area contributed by atoms with Gasteiger partial charge in [-0.15, -0.1) is 11.3 Å². The topological polar surface area (TPSA) is 17.8 Å². The summed E-state index contributed by atoms with van der Waals surface area (Å²) >= 11 is 3.66. The molecule has 0 saturated carbocycles. The van der Waals surface area contributed by atoms with Crippen molar-refractivity contribution in [1.82, 2.24) is 9.55 Å². The first kappa shape index (κ1) is 30.8. The molecule has 2 nitrogen and oxygen atoms in total. The van der Waals surface area contributed by atoms with Crippen molar-refractivity contribution in [2.75, 3.05) is 0 Å². The highest BCUT2D eigenvalue weighted by atomic mass is 32.1. The summed E-state index contributed by atoms with van der Waals surface area (Å²) in [6.07, 6.45) is 0. The Hall–Kier alpha value is -6.59. The molecule has 0 aliphatic heterocycles. The highest BCUT2D eigenvalue weighted by Gasteiger charge is 2.23. The molecule has 0 bridgehead atoms. The molecule has 0 atom stereocenters. The molecule has 0 radical (unpaired) electrons. The van der Waals surface area contributed by atoms with Gasteiger partial charge in [0.1, 0.15) is 0 Å². The van der Waals surface area contributed by atoms with Crippen LogP contribution >= 0.6 is 22.7 Å². The lowest BCUT2D eigenvalue weighted by Gasteiger charge is -2.09. The molecule has 0 amide bonds. The lowest BCUT2D eigenvalue weighted by atomic mass is 9.96. The van der Waals surface area contributed by atoms with Gasteiger partial charge < -0.3 is 0 Å². The van der Waals surface area contributed by atoms with Crippen molar-refractivity contribution >= 4 is 96.4 Å². The van der Waals surface area contributed by atoms with E-state index in [2.05, 4.69) is 187 Å². The quantitative estimate of drug-likeness (QED) is 0.165. The van der Waals surface area contributed by atoms with Gasteiger partial charge in [-0.3, -0.25) is 4.57 Å². The van der Waals surface area contributed by atoms with E-state index in [0.717, 1.165) is 21.7 Å². The predicted molar refractivity (Wildman–Crippen MR) is 238 cm³/mol. The van der Waals surface area contributed by atoms with Gasteiger partial charge in [0.15, 0.2) is 5.13 Å². The summed E-state index contributed by atoms with van der Waals surface area (Å²) in [6, 6.07) is 66.5. The second-order valence-electron chi connectivity index (χ2n) is 14.3. The van der Waals surface area contributed by atoms with Gasteiger partial charge in [-0.1, -0.05) is 163 Å². The standard InChI is InChI=1S/C51H30N2S2/c1-3-12-31(13-4-1)35-26-27-39-44(29-35)53(43-20-11-19-38(47(39)43)32-14-5-2-6-15-32)51-52-49-48-40-18-9-10-21-45(40)54-46(48)30-42(50(49)55-51)36-25-24-34-23-22-33-16-7-8-17-37(33)41(34)28-36/h1-30H. The molecule has 0 aliphatic rings. The zero-order valence-electron chi connectivity index (χ0n) is 29.5. The molecule has 9 aromatic carbocycles. The molecule has 0 saturated heterocycles. The van der Waals surface area contributed by atoms with E-state index in [0.29, 0.717) is 0 Å². The fraction of sp³-hybridized carbons (Fsp3) is 0. The van der Waals surface area contributed by atoms with E-state index >= 15 is 0 Å². The van der Waals surface area contributed by atoms with Gasteiger partial charge >= 0.3 is 0 Å². The van der Waals surface area contributed by atoms with Crippen molar-refractivity contribution in [3.05, 3.63) is 182 Å².